The number of ether oxygens (including phenoxy) is 2. The minimum absolute atomic E-state index is 0.0138. The molecule has 130 valence electrons. The van der Waals surface area contributed by atoms with E-state index in [4.69, 9.17) is 21.1 Å². The van der Waals surface area contributed by atoms with Crippen LogP contribution < -0.4 is 4.74 Å². The molecule has 1 aromatic rings. The smallest absolute Gasteiger partial charge is 0.312 e. The van der Waals surface area contributed by atoms with E-state index < -0.39 is 0 Å². The van der Waals surface area contributed by atoms with Crippen LogP contribution in [0.2, 0.25) is 5.02 Å². The van der Waals surface area contributed by atoms with Crippen LogP contribution in [0.4, 0.5) is 0 Å². The molecule has 4 atom stereocenters. The SMILES string of the molecule is O=C(OCCOc1ccc(Cl)cc1)C12C[C@@H]3C[C@@H](CC(Br)(C3)C1)C2. The molecule has 5 rings (SSSR count). The standard InChI is InChI=1S/C19H22BrClO3/c20-19-10-13-7-14(11-19)9-18(8-13,12-19)17(22)24-6-5-23-16-3-1-15(21)2-4-16/h1-4,13-14H,5-12H2/t13-,14+,18?,19?. The maximum Gasteiger partial charge on any atom is 0.312 e. The molecule has 4 aliphatic rings. The molecule has 0 aliphatic heterocycles. The monoisotopic (exact) mass is 412 g/mol. The molecular weight excluding hydrogens is 392 g/mol. The Hall–Kier alpha value is -0.740. The van der Waals surface area contributed by atoms with Crippen LogP contribution in [0.5, 0.6) is 5.75 Å². The van der Waals surface area contributed by atoms with Crippen LogP contribution in [0.1, 0.15) is 38.5 Å². The number of alkyl halides is 1. The van der Waals surface area contributed by atoms with Gasteiger partial charge in [-0.1, -0.05) is 27.5 Å². The number of rotatable bonds is 5. The van der Waals surface area contributed by atoms with Crippen LogP contribution in [0, 0.1) is 17.3 Å². The molecular formula is C19H22BrClO3. The number of benzene rings is 1. The maximum atomic E-state index is 12.8. The third-order valence-electron chi connectivity index (χ3n) is 5.82. The van der Waals surface area contributed by atoms with Gasteiger partial charge in [-0.2, -0.15) is 0 Å². The summed E-state index contributed by atoms with van der Waals surface area (Å²) in [5.74, 6) is 2.09. The number of halogens is 2. The van der Waals surface area contributed by atoms with Crippen molar-refractivity contribution in [3.8, 4) is 5.75 Å². The Bertz CT molecular complexity index is 616. The number of hydrogen-bond donors (Lipinski definition) is 0. The van der Waals surface area contributed by atoms with E-state index >= 15 is 0 Å². The van der Waals surface area contributed by atoms with Gasteiger partial charge in [0.15, 0.2) is 0 Å². The van der Waals surface area contributed by atoms with Crippen LogP contribution in [0.15, 0.2) is 24.3 Å². The molecule has 0 heterocycles. The second-order valence-corrected chi connectivity index (χ2v) is 9.95. The van der Waals surface area contributed by atoms with Gasteiger partial charge in [-0.05, 0) is 74.6 Å². The zero-order valence-corrected chi connectivity index (χ0v) is 15.9. The Balaban J connectivity index is 1.31. The third-order valence-corrected chi connectivity index (χ3v) is 7.00. The quantitative estimate of drug-likeness (QED) is 0.387. The maximum absolute atomic E-state index is 12.8. The Morgan fingerprint density at radius 2 is 1.79 bits per heavy atom. The molecule has 4 fully saturated rings. The molecule has 0 N–H and O–H groups in total. The van der Waals surface area contributed by atoms with E-state index in [1.807, 2.05) is 12.1 Å². The molecule has 4 aliphatic carbocycles. The van der Waals surface area contributed by atoms with Crippen LogP contribution in [-0.4, -0.2) is 23.5 Å². The van der Waals surface area contributed by atoms with Crippen LogP contribution in [0.25, 0.3) is 0 Å². The van der Waals surface area contributed by atoms with Gasteiger partial charge in [0.1, 0.15) is 19.0 Å². The fraction of sp³-hybridized carbons (Fsp3) is 0.632. The van der Waals surface area contributed by atoms with E-state index in [1.54, 1.807) is 12.1 Å². The van der Waals surface area contributed by atoms with Crippen LogP contribution >= 0.6 is 27.5 Å². The lowest BCUT2D eigenvalue weighted by Gasteiger charge is -2.58. The molecule has 0 saturated heterocycles. The normalized spacial score (nSPS) is 36.6. The Morgan fingerprint density at radius 3 is 2.42 bits per heavy atom. The lowest BCUT2D eigenvalue weighted by molar-refractivity contribution is -0.170. The molecule has 0 amide bonds. The summed E-state index contributed by atoms with van der Waals surface area (Å²) in [6, 6.07) is 7.21. The average molecular weight is 414 g/mol. The summed E-state index contributed by atoms with van der Waals surface area (Å²) in [4.78, 5) is 12.8. The van der Waals surface area contributed by atoms with Gasteiger partial charge in [0, 0.05) is 9.35 Å². The summed E-state index contributed by atoms with van der Waals surface area (Å²) >= 11 is 9.78. The molecule has 0 aromatic heterocycles. The minimum Gasteiger partial charge on any atom is -0.490 e. The second-order valence-electron chi connectivity index (χ2n) is 7.83. The Labute approximate surface area is 156 Å². The van der Waals surface area contributed by atoms with Crippen molar-refractivity contribution in [2.75, 3.05) is 13.2 Å². The number of esters is 1. The lowest BCUT2D eigenvalue weighted by Crippen LogP contribution is -2.56. The van der Waals surface area contributed by atoms with Crippen molar-refractivity contribution < 1.29 is 14.3 Å². The Kier molecular flexibility index (Phi) is 4.32. The molecule has 4 saturated carbocycles. The third kappa shape index (κ3) is 3.20. The van der Waals surface area contributed by atoms with E-state index in [-0.39, 0.29) is 15.7 Å². The predicted molar refractivity (Wildman–Crippen MR) is 96.7 cm³/mol. The Morgan fingerprint density at radius 1 is 1.12 bits per heavy atom. The summed E-state index contributed by atoms with van der Waals surface area (Å²) in [6.07, 6.45) is 6.68. The van der Waals surface area contributed by atoms with Crippen molar-refractivity contribution >= 4 is 33.5 Å². The first-order valence-corrected chi connectivity index (χ1v) is 9.88. The molecule has 3 nitrogen and oxygen atoms in total. The van der Waals surface area contributed by atoms with E-state index in [1.165, 1.54) is 19.3 Å². The van der Waals surface area contributed by atoms with E-state index in [0.29, 0.717) is 30.1 Å². The molecule has 1 aromatic carbocycles. The van der Waals surface area contributed by atoms with Crippen LogP contribution in [0.3, 0.4) is 0 Å². The average Bonchev–Trinajstić information content (AvgIpc) is 2.50. The van der Waals surface area contributed by atoms with Crippen LogP contribution in [-0.2, 0) is 9.53 Å². The highest BCUT2D eigenvalue weighted by molar-refractivity contribution is 9.10. The zero-order valence-electron chi connectivity index (χ0n) is 13.6. The molecule has 5 heteroatoms. The number of hydrogen-bond acceptors (Lipinski definition) is 3. The molecule has 4 bridgehead atoms. The van der Waals surface area contributed by atoms with Gasteiger partial charge in [0.25, 0.3) is 0 Å². The van der Waals surface area contributed by atoms with Gasteiger partial charge in [0.05, 0.1) is 5.41 Å². The second kappa shape index (κ2) is 6.21. The van der Waals surface area contributed by atoms with Crippen molar-refractivity contribution in [3.63, 3.8) is 0 Å². The summed E-state index contributed by atoms with van der Waals surface area (Å²) in [5.41, 5.74) is -0.256. The van der Waals surface area contributed by atoms with Gasteiger partial charge in [-0.25, -0.2) is 0 Å². The number of carbonyl (C=O) groups is 1. The van der Waals surface area contributed by atoms with Gasteiger partial charge >= 0.3 is 5.97 Å². The first-order valence-electron chi connectivity index (χ1n) is 8.71. The van der Waals surface area contributed by atoms with E-state index in [0.717, 1.165) is 25.0 Å². The summed E-state index contributed by atoms with van der Waals surface area (Å²) in [5, 5.41) is 0.680. The fourth-order valence-electron chi connectivity index (χ4n) is 5.37. The highest BCUT2D eigenvalue weighted by Gasteiger charge is 2.60. The predicted octanol–water partition coefficient (Wildman–Crippen LogP) is 5.00. The van der Waals surface area contributed by atoms with Crippen molar-refractivity contribution in [2.24, 2.45) is 17.3 Å². The first kappa shape index (κ1) is 16.7. The first-order chi connectivity index (χ1) is 11.5. The largest absolute Gasteiger partial charge is 0.490 e. The van der Waals surface area contributed by atoms with Gasteiger partial charge in [0.2, 0.25) is 0 Å². The van der Waals surface area contributed by atoms with E-state index in [2.05, 4.69) is 15.9 Å². The highest BCUT2D eigenvalue weighted by atomic mass is 79.9. The van der Waals surface area contributed by atoms with Gasteiger partial charge in [-0.15, -0.1) is 0 Å². The van der Waals surface area contributed by atoms with E-state index in [9.17, 15) is 4.79 Å². The molecule has 24 heavy (non-hydrogen) atoms. The van der Waals surface area contributed by atoms with Gasteiger partial charge in [-0.3, -0.25) is 4.79 Å². The fourth-order valence-corrected chi connectivity index (χ4v) is 6.95. The van der Waals surface area contributed by atoms with Gasteiger partial charge < -0.3 is 9.47 Å². The number of carbonyl (C=O) groups excluding carboxylic acids is 1. The van der Waals surface area contributed by atoms with Crippen molar-refractivity contribution in [2.45, 2.75) is 42.8 Å². The zero-order chi connectivity index (χ0) is 16.8. The lowest BCUT2D eigenvalue weighted by atomic mass is 9.49. The van der Waals surface area contributed by atoms with Crippen molar-refractivity contribution in [1.29, 1.82) is 0 Å². The summed E-state index contributed by atoms with van der Waals surface area (Å²) in [7, 11) is 0. The molecule has 2 unspecified atom stereocenters. The molecule has 0 spiro atoms. The van der Waals surface area contributed by atoms with Crippen molar-refractivity contribution in [1.82, 2.24) is 0 Å². The summed E-state index contributed by atoms with van der Waals surface area (Å²) < 4.78 is 11.4. The topological polar surface area (TPSA) is 35.5 Å². The van der Waals surface area contributed by atoms with Crippen molar-refractivity contribution in [3.05, 3.63) is 29.3 Å². The highest BCUT2D eigenvalue weighted by Crippen LogP contribution is 2.64. The summed E-state index contributed by atoms with van der Waals surface area (Å²) in [6.45, 7) is 0.670. The molecule has 0 radical (unpaired) electrons. The minimum atomic E-state index is -0.256.